The van der Waals surface area contributed by atoms with Crippen molar-refractivity contribution in [3.63, 3.8) is 0 Å². The van der Waals surface area contributed by atoms with E-state index < -0.39 is 17.7 Å². The van der Waals surface area contributed by atoms with E-state index in [9.17, 15) is 14.7 Å². The monoisotopic (exact) mass is 446 g/mol. The Kier molecular flexibility index (Phi) is 5.83. The predicted molar refractivity (Wildman–Crippen MR) is 122 cm³/mol. The van der Waals surface area contributed by atoms with Crippen LogP contribution in [0.3, 0.4) is 0 Å². The Morgan fingerprint density at radius 2 is 1.82 bits per heavy atom. The summed E-state index contributed by atoms with van der Waals surface area (Å²) in [5.74, 6) is -1.17. The molecule has 0 atom stereocenters. The maximum atomic E-state index is 15.1. The normalized spacial score (nSPS) is 11.0. The number of nitrogens with two attached hydrogens (primary N) is 1. The molecule has 2 heterocycles. The van der Waals surface area contributed by atoms with Gasteiger partial charge in [-0.2, -0.15) is 0 Å². The van der Waals surface area contributed by atoms with Gasteiger partial charge in [-0.1, -0.05) is 6.07 Å². The fourth-order valence-electron chi connectivity index (χ4n) is 3.97. The van der Waals surface area contributed by atoms with Crippen molar-refractivity contribution in [3.05, 3.63) is 89.4 Å². The van der Waals surface area contributed by atoms with E-state index in [-0.39, 0.29) is 6.42 Å². The minimum atomic E-state index is -0.906. The molecule has 1 amide bonds. The van der Waals surface area contributed by atoms with Crippen LogP contribution in [0.15, 0.2) is 60.9 Å². The molecule has 0 bridgehead atoms. The lowest BCUT2D eigenvalue weighted by atomic mass is 10.1. The standard InChI is InChI=1S/C25H23FN4O3/c1-15-13-18(25(27)33)4-7-21(15)30-19(6-10-24(31)32)5-9-22(30)17-3-8-23(20(26)14-17)29-12-11-28-16(29)2/h3-5,7-9,11-14H,6,10H2,1-2H3,(H2,27,33)(H,31,32). The number of amides is 1. The summed E-state index contributed by atoms with van der Waals surface area (Å²) in [7, 11) is 0. The highest BCUT2D eigenvalue weighted by Gasteiger charge is 2.17. The van der Waals surface area contributed by atoms with Gasteiger partial charge < -0.3 is 20.0 Å². The van der Waals surface area contributed by atoms with Crippen LogP contribution in [-0.2, 0) is 11.2 Å². The number of carbonyl (C=O) groups excluding carboxylic acids is 1. The topological polar surface area (TPSA) is 103 Å². The SMILES string of the molecule is Cc1cc(C(N)=O)ccc1-n1c(CCC(=O)O)ccc1-c1ccc(-n2ccnc2C)c(F)c1. The Morgan fingerprint density at radius 3 is 2.42 bits per heavy atom. The van der Waals surface area contributed by atoms with Gasteiger partial charge in [-0.05, 0) is 68.3 Å². The highest BCUT2D eigenvalue weighted by Crippen LogP contribution is 2.31. The zero-order valence-electron chi connectivity index (χ0n) is 18.2. The van der Waals surface area contributed by atoms with Crippen molar-refractivity contribution in [3.8, 4) is 22.6 Å². The van der Waals surface area contributed by atoms with Crippen LogP contribution in [0.2, 0.25) is 0 Å². The number of aliphatic carboxylic acids is 1. The van der Waals surface area contributed by atoms with Gasteiger partial charge in [0.2, 0.25) is 5.91 Å². The van der Waals surface area contributed by atoms with Crippen molar-refractivity contribution < 1.29 is 19.1 Å². The third-order valence-electron chi connectivity index (χ3n) is 5.61. The first kappa shape index (κ1) is 22.0. The van der Waals surface area contributed by atoms with E-state index in [1.165, 1.54) is 6.07 Å². The third-order valence-corrected chi connectivity index (χ3v) is 5.61. The lowest BCUT2D eigenvalue weighted by molar-refractivity contribution is -0.136. The fraction of sp³-hybridized carbons (Fsp3) is 0.160. The molecule has 0 saturated heterocycles. The maximum absolute atomic E-state index is 15.1. The van der Waals surface area contributed by atoms with E-state index in [0.29, 0.717) is 34.8 Å². The zero-order valence-corrected chi connectivity index (χ0v) is 18.2. The summed E-state index contributed by atoms with van der Waals surface area (Å²) < 4.78 is 18.7. The number of halogens is 1. The number of rotatable bonds is 7. The first-order chi connectivity index (χ1) is 15.8. The van der Waals surface area contributed by atoms with Crippen LogP contribution >= 0.6 is 0 Å². The van der Waals surface area contributed by atoms with Crippen molar-refractivity contribution in [2.45, 2.75) is 26.7 Å². The number of hydrogen-bond donors (Lipinski definition) is 2. The summed E-state index contributed by atoms with van der Waals surface area (Å²) in [4.78, 5) is 26.9. The van der Waals surface area contributed by atoms with Crippen LogP contribution in [0.1, 0.15) is 33.9 Å². The van der Waals surface area contributed by atoms with Crippen LogP contribution in [0.5, 0.6) is 0 Å². The van der Waals surface area contributed by atoms with Gasteiger partial charge in [0.1, 0.15) is 11.6 Å². The van der Waals surface area contributed by atoms with Gasteiger partial charge >= 0.3 is 5.97 Å². The Morgan fingerprint density at radius 1 is 1.06 bits per heavy atom. The average molecular weight is 446 g/mol. The number of nitrogens with zero attached hydrogens (tertiary/aromatic N) is 3. The van der Waals surface area contributed by atoms with E-state index in [1.807, 2.05) is 29.7 Å². The van der Waals surface area contributed by atoms with Crippen LogP contribution in [0.4, 0.5) is 4.39 Å². The molecule has 0 radical (unpaired) electrons. The van der Waals surface area contributed by atoms with E-state index in [4.69, 9.17) is 5.73 Å². The Balaban J connectivity index is 1.84. The second kappa shape index (κ2) is 8.74. The second-order valence-corrected chi connectivity index (χ2v) is 7.82. The number of carboxylic acid groups (broad SMARTS) is 1. The number of aryl methyl sites for hydroxylation is 3. The Labute approximate surface area is 189 Å². The average Bonchev–Trinajstić information content (AvgIpc) is 3.38. The molecule has 7 nitrogen and oxygen atoms in total. The van der Waals surface area contributed by atoms with Gasteiger partial charge in [0.25, 0.3) is 0 Å². The van der Waals surface area contributed by atoms with E-state index in [2.05, 4.69) is 4.98 Å². The number of primary amides is 1. The van der Waals surface area contributed by atoms with Crippen molar-refractivity contribution in [1.82, 2.24) is 14.1 Å². The summed E-state index contributed by atoms with van der Waals surface area (Å²) in [5, 5.41) is 9.17. The molecule has 0 aliphatic rings. The van der Waals surface area contributed by atoms with Crippen LogP contribution in [-0.4, -0.2) is 31.1 Å². The molecule has 0 unspecified atom stereocenters. The summed E-state index contributed by atoms with van der Waals surface area (Å²) in [6.45, 7) is 3.64. The number of hydrogen-bond acceptors (Lipinski definition) is 3. The molecule has 4 aromatic rings. The quantitative estimate of drug-likeness (QED) is 0.444. The molecule has 4 rings (SSSR count). The van der Waals surface area contributed by atoms with E-state index in [0.717, 1.165) is 16.9 Å². The van der Waals surface area contributed by atoms with Gasteiger partial charge in [-0.15, -0.1) is 0 Å². The van der Waals surface area contributed by atoms with Crippen LogP contribution in [0.25, 0.3) is 22.6 Å². The minimum Gasteiger partial charge on any atom is -0.481 e. The molecule has 3 N–H and O–H groups in total. The highest BCUT2D eigenvalue weighted by molar-refractivity contribution is 5.93. The smallest absolute Gasteiger partial charge is 0.303 e. The largest absolute Gasteiger partial charge is 0.481 e. The molecule has 2 aromatic heterocycles. The van der Waals surface area contributed by atoms with Crippen molar-refractivity contribution in [1.29, 1.82) is 0 Å². The third kappa shape index (κ3) is 4.27. The predicted octanol–water partition coefficient (Wildman–Crippen LogP) is 4.20. The lowest BCUT2D eigenvalue weighted by Gasteiger charge is -2.17. The number of benzene rings is 2. The van der Waals surface area contributed by atoms with Gasteiger partial charge in [0.15, 0.2) is 0 Å². The summed E-state index contributed by atoms with van der Waals surface area (Å²) in [6.07, 6.45) is 3.56. The molecule has 0 fully saturated rings. The molecular weight excluding hydrogens is 423 g/mol. The van der Waals surface area contributed by atoms with E-state index in [1.54, 1.807) is 48.1 Å². The first-order valence-electron chi connectivity index (χ1n) is 10.4. The van der Waals surface area contributed by atoms with Crippen LogP contribution in [0, 0.1) is 19.7 Å². The number of carboxylic acids is 1. The molecule has 8 heteroatoms. The molecular formula is C25H23FN4O3. The molecule has 0 aliphatic heterocycles. The molecule has 0 saturated carbocycles. The van der Waals surface area contributed by atoms with Gasteiger partial charge in [0, 0.05) is 34.9 Å². The maximum Gasteiger partial charge on any atom is 0.303 e. The molecule has 168 valence electrons. The number of aromatic nitrogens is 3. The Hall–Kier alpha value is -4.20. The van der Waals surface area contributed by atoms with Crippen molar-refractivity contribution in [2.75, 3.05) is 0 Å². The number of imidazole rings is 1. The van der Waals surface area contributed by atoms with Crippen LogP contribution < -0.4 is 5.73 Å². The van der Waals surface area contributed by atoms with Gasteiger partial charge in [-0.3, -0.25) is 9.59 Å². The first-order valence-corrected chi connectivity index (χ1v) is 10.4. The van der Waals surface area contributed by atoms with Crippen molar-refractivity contribution in [2.24, 2.45) is 5.73 Å². The van der Waals surface area contributed by atoms with Gasteiger partial charge in [-0.25, -0.2) is 9.37 Å². The molecule has 0 aliphatic carbocycles. The second-order valence-electron chi connectivity index (χ2n) is 7.82. The summed E-state index contributed by atoms with van der Waals surface area (Å²) >= 11 is 0. The number of carbonyl (C=O) groups is 2. The zero-order chi connectivity index (χ0) is 23.7. The molecule has 33 heavy (non-hydrogen) atoms. The van der Waals surface area contributed by atoms with Gasteiger partial charge in [0.05, 0.1) is 17.8 Å². The fourth-order valence-corrected chi connectivity index (χ4v) is 3.97. The molecule has 0 spiro atoms. The summed E-state index contributed by atoms with van der Waals surface area (Å²) in [5.41, 5.74) is 9.82. The molecule has 2 aromatic carbocycles. The minimum absolute atomic E-state index is 0.0466. The summed E-state index contributed by atoms with van der Waals surface area (Å²) in [6, 6.07) is 13.7. The van der Waals surface area contributed by atoms with Crippen molar-refractivity contribution >= 4 is 11.9 Å². The van der Waals surface area contributed by atoms with E-state index >= 15 is 4.39 Å². The Bertz CT molecular complexity index is 1370. The lowest BCUT2D eigenvalue weighted by Crippen LogP contribution is -2.12. The highest BCUT2D eigenvalue weighted by atomic mass is 19.1.